The van der Waals surface area contributed by atoms with Gasteiger partial charge in [0.05, 0.1) is 5.92 Å². The smallest absolute Gasteiger partial charge is 0.308 e. The van der Waals surface area contributed by atoms with E-state index in [0.717, 1.165) is 13.0 Å². The number of amides is 1. The van der Waals surface area contributed by atoms with Crippen LogP contribution in [0.4, 0.5) is 0 Å². The van der Waals surface area contributed by atoms with Gasteiger partial charge in [-0.3, -0.25) is 9.59 Å². The third-order valence-electron chi connectivity index (χ3n) is 2.52. The quantitative estimate of drug-likeness (QED) is 0.785. The van der Waals surface area contributed by atoms with Crippen molar-refractivity contribution in [2.75, 3.05) is 6.54 Å². The number of nitrogens with one attached hydrogen (secondary N) is 1. The first kappa shape index (κ1) is 13.3. The highest BCUT2D eigenvalue weighted by molar-refractivity contribution is 5.92. The standard InChI is InChI=1S/C12H18N2O3/c1-3-6-14-7-4-5-10(14)11(15)13-8-9(2)12(16)17/h4-5,7,9H,3,6,8H2,1-2H3,(H,13,15)(H,16,17). The lowest BCUT2D eigenvalue weighted by atomic mass is 10.2. The van der Waals surface area contributed by atoms with Crippen molar-refractivity contribution >= 4 is 11.9 Å². The Morgan fingerprint density at radius 2 is 2.24 bits per heavy atom. The average molecular weight is 238 g/mol. The summed E-state index contributed by atoms with van der Waals surface area (Å²) in [4.78, 5) is 22.4. The summed E-state index contributed by atoms with van der Waals surface area (Å²) < 4.78 is 1.86. The third kappa shape index (κ3) is 3.62. The highest BCUT2D eigenvalue weighted by Crippen LogP contribution is 2.04. The fraction of sp³-hybridized carbons (Fsp3) is 0.500. The predicted molar refractivity (Wildman–Crippen MR) is 63.9 cm³/mol. The van der Waals surface area contributed by atoms with Crippen molar-refractivity contribution in [1.82, 2.24) is 9.88 Å². The van der Waals surface area contributed by atoms with Gasteiger partial charge in [-0.2, -0.15) is 0 Å². The van der Waals surface area contributed by atoms with E-state index < -0.39 is 11.9 Å². The summed E-state index contributed by atoms with van der Waals surface area (Å²) in [6.45, 7) is 4.53. The monoisotopic (exact) mass is 238 g/mol. The summed E-state index contributed by atoms with van der Waals surface area (Å²) in [6, 6.07) is 3.54. The SMILES string of the molecule is CCCn1cccc1C(=O)NCC(C)C(=O)O. The number of aromatic nitrogens is 1. The molecule has 0 spiro atoms. The Bertz CT molecular complexity index is 398. The number of rotatable bonds is 6. The highest BCUT2D eigenvalue weighted by atomic mass is 16.4. The summed E-state index contributed by atoms with van der Waals surface area (Å²) in [5.41, 5.74) is 0.574. The van der Waals surface area contributed by atoms with Crippen molar-refractivity contribution in [2.45, 2.75) is 26.8 Å². The first-order valence-corrected chi connectivity index (χ1v) is 5.72. The van der Waals surface area contributed by atoms with Crippen molar-refractivity contribution < 1.29 is 14.7 Å². The molecular weight excluding hydrogens is 220 g/mol. The molecule has 1 unspecified atom stereocenters. The number of nitrogens with zero attached hydrogens (tertiary/aromatic N) is 1. The molecule has 0 aromatic carbocycles. The van der Waals surface area contributed by atoms with Crippen molar-refractivity contribution in [3.63, 3.8) is 0 Å². The van der Waals surface area contributed by atoms with E-state index in [-0.39, 0.29) is 12.5 Å². The van der Waals surface area contributed by atoms with Gasteiger partial charge in [0.2, 0.25) is 0 Å². The van der Waals surface area contributed by atoms with Crippen LogP contribution in [-0.2, 0) is 11.3 Å². The Hall–Kier alpha value is -1.78. The Balaban J connectivity index is 2.57. The molecule has 0 radical (unpaired) electrons. The molecule has 0 saturated carbocycles. The zero-order valence-electron chi connectivity index (χ0n) is 10.1. The minimum absolute atomic E-state index is 0.144. The van der Waals surface area contributed by atoms with Crippen LogP contribution < -0.4 is 5.32 Å². The fourth-order valence-corrected chi connectivity index (χ4v) is 1.48. The lowest BCUT2D eigenvalue weighted by molar-refractivity contribution is -0.140. The molecule has 1 heterocycles. The molecule has 0 saturated heterocycles. The molecule has 2 N–H and O–H groups in total. The molecule has 17 heavy (non-hydrogen) atoms. The second-order valence-electron chi connectivity index (χ2n) is 4.04. The van der Waals surface area contributed by atoms with E-state index in [2.05, 4.69) is 5.32 Å². The molecule has 5 heteroatoms. The van der Waals surface area contributed by atoms with Crippen molar-refractivity contribution in [3.8, 4) is 0 Å². The Morgan fingerprint density at radius 3 is 2.82 bits per heavy atom. The number of carboxylic acids is 1. The molecule has 94 valence electrons. The maximum atomic E-state index is 11.8. The predicted octanol–water partition coefficient (Wildman–Crippen LogP) is 1.35. The lowest BCUT2D eigenvalue weighted by Crippen LogP contribution is -2.32. The lowest BCUT2D eigenvalue weighted by Gasteiger charge is -2.10. The van der Waals surface area contributed by atoms with E-state index in [0.29, 0.717) is 5.69 Å². The molecule has 1 atom stereocenters. The molecule has 1 aromatic heterocycles. The number of aryl methyl sites for hydroxylation is 1. The van der Waals surface area contributed by atoms with Crippen LogP contribution in [-0.4, -0.2) is 28.1 Å². The normalized spacial score (nSPS) is 12.1. The second kappa shape index (κ2) is 6.08. The molecular formula is C12H18N2O3. The van der Waals surface area contributed by atoms with Gasteiger partial charge in [-0.05, 0) is 18.6 Å². The number of aliphatic carboxylic acids is 1. The minimum atomic E-state index is -0.908. The van der Waals surface area contributed by atoms with Crippen LogP contribution in [0.2, 0.25) is 0 Å². The van der Waals surface area contributed by atoms with Gasteiger partial charge >= 0.3 is 5.97 Å². The zero-order valence-corrected chi connectivity index (χ0v) is 10.1. The third-order valence-corrected chi connectivity index (χ3v) is 2.52. The average Bonchev–Trinajstić information content (AvgIpc) is 2.74. The molecule has 0 fully saturated rings. The van der Waals surface area contributed by atoms with E-state index in [4.69, 9.17) is 5.11 Å². The van der Waals surface area contributed by atoms with Crippen LogP contribution in [0.1, 0.15) is 30.8 Å². The number of hydrogen-bond acceptors (Lipinski definition) is 2. The summed E-state index contributed by atoms with van der Waals surface area (Å²) in [5.74, 6) is -1.71. The summed E-state index contributed by atoms with van der Waals surface area (Å²) >= 11 is 0. The van der Waals surface area contributed by atoms with Gasteiger partial charge in [0.25, 0.3) is 5.91 Å². The van der Waals surface area contributed by atoms with Crippen molar-refractivity contribution in [3.05, 3.63) is 24.0 Å². The first-order valence-electron chi connectivity index (χ1n) is 5.72. The van der Waals surface area contributed by atoms with Crippen LogP contribution in [0.15, 0.2) is 18.3 Å². The molecule has 5 nitrogen and oxygen atoms in total. The van der Waals surface area contributed by atoms with Gasteiger partial charge in [0, 0.05) is 19.3 Å². The van der Waals surface area contributed by atoms with Crippen LogP contribution in [0.25, 0.3) is 0 Å². The second-order valence-corrected chi connectivity index (χ2v) is 4.04. The van der Waals surface area contributed by atoms with Gasteiger partial charge in [-0.25, -0.2) is 0 Å². The van der Waals surface area contributed by atoms with Crippen molar-refractivity contribution in [1.29, 1.82) is 0 Å². The fourth-order valence-electron chi connectivity index (χ4n) is 1.48. The number of carbonyl (C=O) groups excluding carboxylic acids is 1. The Kier molecular flexibility index (Phi) is 4.75. The molecule has 1 aromatic rings. The van der Waals surface area contributed by atoms with E-state index in [9.17, 15) is 9.59 Å². The molecule has 1 rings (SSSR count). The van der Waals surface area contributed by atoms with Crippen molar-refractivity contribution in [2.24, 2.45) is 5.92 Å². The van der Waals surface area contributed by atoms with Gasteiger partial charge in [-0.15, -0.1) is 0 Å². The molecule has 0 aliphatic carbocycles. The first-order chi connectivity index (χ1) is 8.06. The minimum Gasteiger partial charge on any atom is -0.481 e. The molecule has 1 amide bonds. The van der Waals surface area contributed by atoms with Crippen LogP contribution in [0, 0.1) is 5.92 Å². The van der Waals surface area contributed by atoms with E-state index in [1.165, 1.54) is 0 Å². The number of hydrogen-bond donors (Lipinski definition) is 2. The molecule has 0 aliphatic rings. The summed E-state index contributed by atoms with van der Waals surface area (Å²) in [5, 5.41) is 11.3. The van der Waals surface area contributed by atoms with Crippen LogP contribution in [0.5, 0.6) is 0 Å². The zero-order chi connectivity index (χ0) is 12.8. The summed E-state index contributed by atoms with van der Waals surface area (Å²) in [6.07, 6.45) is 2.79. The van der Waals surface area contributed by atoms with Gasteiger partial charge in [0.1, 0.15) is 5.69 Å². The van der Waals surface area contributed by atoms with E-state index in [1.807, 2.05) is 23.8 Å². The largest absolute Gasteiger partial charge is 0.481 e. The van der Waals surface area contributed by atoms with Crippen LogP contribution in [0.3, 0.4) is 0 Å². The van der Waals surface area contributed by atoms with Gasteiger partial charge < -0.3 is 15.0 Å². The number of carboxylic acid groups (broad SMARTS) is 1. The van der Waals surface area contributed by atoms with E-state index >= 15 is 0 Å². The maximum Gasteiger partial charge on any atom is 0.308 e. The van der Waals surface area contributed by atoms with Crippen LogP contribution >= 0.6 is 0 Å². The highest BCUT2D eigenvalue weighted by Gasteiger charge is 2.14. The number of carbonyl (C=O) groups is 2. The molecule has 0 bridgehead atoms. The van der Waals surface area contributed by atoms with E-state index in [1.54, 1.807) is 13.0 Å². The summed E-state index contributed by atoms with van der Waals surface area (Å²) in [7, 11) is 0. The maximum absolute atomic E-state index is 11.8. The van der Waals surface area contributed by atoms with Gasteiger partial charge in [0.15, 0.2) is 0 Å². The van der Waals surface area contributed by atoms with Gasteiger partial charge in [-0.1, -0.05) is 13.8 Å². The molecule has 0 aliphatic heterocycles. The Labute approximate surface area is 100 Å². The Morgan fingerprint density at radius 1 is 1.53 bits per heavy atom. The topological polar surface area (TPSA) is 71.3 Å².